The van der Waals surface area contributed by atoms with Crippen molar-refractivity contribution in [2.45, 2.75) is 26.3 Å². The van der Waals surface area contributed by atoms with Gasteiger partial charge in [0.05, 0.1) is 6.04 Å². The first kappa shape index (κ1) is 11.6. The maximum atomic E-state index is 5.46. The quantitative estimate of drug-likeness (QED) is 0.937. The summed E-state index contributed by atoms with van der Waals surface area (Å²) in [6.07, 6.45) is 0.917. The summed E-state index contributed by atoms with van der Waals surface area (Å²) in [5, 5.41) is 13.2. The molecule has 16 heavy (non-hydrogen) atoms. The first-order chi connectivity index (χ1) is 7.69. The van der Waals surface area contributed by atoms with Gasteiger partial charge in [0.2, 0.25) is 5.13 Å². The molecule has 0 saturated heterocycles. The maximum absolute atomic E-state index is 5.46. The van der Waals surface area contributed by atoms with Crippen molar-refractivity contribution in [2.75, 3.05) is 5.32 Å². The van der Waals surface area contributed by atoms with Crippen molar-refractivity contribution in [3.8, 4) is 0 Å². The van der Waals surface area contributed by atoms with E-state index >= 15 is 0 Å². The van der Waals surface area contributed by atoms with Gasteiger partial charge in [0.25, 0.3) is 0 Å². The minimum absolute atomic E-state index is 0.0870. The maximum Gasteiger partial charge on any atom is 0.206 e. The van der Waals surface area contributed by atoms with Crippen molar-refractivity contribution in [1.29, 1.82) is 0 Å². The zero-order valence-corrected chi connectivity index (χ0v) is 11.4. The Morgan fingerprint density at radius 3 is 2.88 bits per heavy atom. The van der Waals surface area contributed by atoms with Crippen LogP contribution in [0.1, 0.15) is 30.7 Å². The van der Waals surface area contributed by atoms with Crippen LogP contribution in [0.5, 0.6) is 0 Å². The Kier molecular flexibility index (Phi) is 3.60. The number of nitrogens with one attached hydrogen (secondary N) is 1. The van der Waals surface area contributed by atoms with E-state index in [1.165, 1.54) is 0 Å². The van der Waals surface area contributed by atoms with Crippen LogP contribution < -0.4 is 5.32 Å². The topological polar surface area (TPSA) is 51.0 Å². The van der Waals surface area contributed by atoms with Gasteiger partial charge in [-0.05, 0) is 41.4 Å². The van der Waals surface area contributed by atoms with Crippen molar-refractivity contribution in [2.24, 2.45) is 0 Å². The predicted octanol–water partition coefficient (Wildman–Crippen LogP) is 3.63. The SMILES string of the molecule is CCc1nnc(NC(C)c2ccc(Br)o2)s1. The molecule has 0 aromatic carbocycles. The second-order valence-electron chi connectivity index (χ2n) is 3.36. The van der Waals surface area contributed by atoms with E-state index in [1.807, 2.05) is 19.1 Å². The fourth-order valence-corrected chi connectivity index (χ4v) is 2.36. The highest BCUT2D eigenvalue weighted by atomic mass is 79.9. The lowest BCUT2D eigenvalue weighted by Gasteiger charge is -2.08. The van der Waals surface area contributed by atoms with Crippen LogP contribution in [0.15, 0.2) is 21.2 Å². The fraction of sp³-hybridized carbons (Fsp3) is 0.400. The molecular weight excluding hydrogens is 290 g/mol. The molecule has 0 aliphatic heterocycles. The van der Waals surface area contributed by atoms with Gasteiger partial charge in [-0.25, -0.2) is 0 Å². The number of hydrogen-bond acceptors (Lipinski definition) is 5. The molecule has 1 unspecified atom stereocenters. The van der Waals surface area contributed by atoms with Crippen molar-refractivity contribution in [3.63, 3.8) is 0 Å². The van der Waals surface area contributed by atoms with E-state index in [0.29, 0.717) is 0 Å². The second kappa shape index (κ2) is 4.97. The molecular formula is C10H12BrN3OS. The molecule has 1 N–H and O–H groups in total. The minimum atomic E-state index is 0.0870. The van der Waals surface area contributed by atoms with Gasteiger partial charge < -0.3 is 9.73 Å². The highest BCUT2D eigenvalue weighted by molar-refractivity contribution is 9.10. The molecule has 6 heteroatoms. The molecule has 0 bridgehead atoms. The smallest absolute Gasteiger partial charge is 0.206 e. The Morgan fingerprint density at radius 1 is 1.50 bits per heavy atom. The van der Waals surface area contributed by atoms with Crippen molar-refractivity contribution in [3.05, 3.63) is 27.6 Å². The summed E-state index contributed by atoms with van der Waals surface area (Å²) in [5.41, 5.74) is 0. The normalized spacial score (nSPS) is 12.7. The number of hydrogen-bond donors (Lipinski definition) is 1. The molecule has 0 fully saturated rings. The van der Waals surface area contributed by atoms with E-state index in [2.05, 4.69) is 38.4 Å². The van der Waals surface area contributed by atoms with Gasteiger partial charge in [0.1, 0.15) is 10.8 Å². The first-order valence-corrected chi connectivity index (χ1v) is 6.64. The highest BCUT2D eigenvalue weighted by Crippen LogP contribution is 2.25. The molecule has 2 heterocycles. The summed E-state index contributed by atoms with van der Waals surface area (Å²) in [4.78, 5) is 0. The number of aromatic nitrogens is 2. The monoisotopic (exact) mass is 301 g/mol. The third-order valence-corrected chi connectivity index (χ3v) is 3.56. The molecule has 2 aromatic heterocycles. The number of aryl methyl sites for hydroxylation is 1. The molecule has 4 nitrogen and oxygen atoms in total. The van der Waals surface area contributed by atoms with Crippen LogP contribution in [0.4, 0.5) is 5.13 Å². The highest BCUT2D eigenvalue weighted by Gasteiger charge is 2.12. The Labute approximate surface area is 106 Å². The summed E-state index contributed by atoms with van der Waals surface area (Å²) in [6.45, 7) is 4.09. The van der Waals surface area contributed by atoms with Gasteiger partial charge in [-0.15, -0.1) is 10.2 Å². The molecule has 2 rings (SSSR count). The van der Waals surface area contributed by atoms with Crippen LogP contribution in [-0.2, 0) is 6.42 Å². The van der Waals surface area contributed by atoms with Crippen molar-refractivity contribution >= 4 is 32.4 Å². The number of rotatable bonds is 4. The van der Waals surface area contributed by atoms with Gasteiger partial charge in [-0.2, -0.15) is 0 Å². The van der Waals surface area contributed by atoms with Crippen molar-refractivity contribution < 1.29 is 4.42 Å². The summed E-state index contributed by atoms with van der Waals surface area (Å²) in [5.74, 6) is 0.875. The van der Waals surface area contributed by atoms with Crippen LogP contribution in [0, 0.1) is 0 Å². The number of halogens is 1. The molecule has 1 atom stereocenters. The summed E-state index contributed by atoms with van der Waals surface area (Å²) in [7, 11) is 0. The standard InChI is InChI=1S/C10H12BrN3OS/c1-3-9-13-14-10(16-9)12-6(2)7-4-5-8(11)15-7/h4-6H,3H2,1-2H3,(H,12,14). The number of furan rings is 1. The minimum Gasteiger partial charge on any atom is -0.452 e. The Morgan fingerprint density at radius 2 is 2.31 bits per heavy atom. The van der Waals surface area contributed by atoms with E-state index in [1.54, 1.807) is 11.3 Å². The average Bonchev–Trinajstić information content (AvgIpc) is 2.87. The molecule has 0 aliphatic carbocycles. The summed E-state index contributed by atoms with van der Waals surface area (Å²) in [6, 6.07) is 3.90. The fourth-order valence-electron chi connectivity index (χ4n) is 1.27. The summed E-state index contributed by atoms with van der Waals surface area (Å²) < 4.78 is 6.20. The van der Waals surface area contributed by atoms with E-state index in [4.69, 9.17) is 4.42 Å². The van der Waals surface area contributed by atoms with Gasteiger partial charge in [0.15, 0.2) is 4.67 Å². The van der Waals surface area contributed by atoms with E-state index in [-0.39, 0.29) is 6.04 Å². The average molecular weight is 302 g/mol. The largest absolute Gasteiger partial charge is 0.452 e. The Hall–Kier alpha value is -0.880. The van der Waals surface area contributed by atoms with Crippen molar-refractivity contribution in [1.82, 2.24) is 10.2 Å². The zero-order chi connectivity index (χ0) is 11.5. The number of nitrogens with zero attached hydrogens (tertiary/aromatic N) is 2. The molecule has 0 aliphatic rings. The molecule has 86 valence electrons. The zero-order valence-electron chi connectivity index (χ0n) is 9.03. The molecule has 0 amide bonds. The lowest BCUT2D eigenvalue weighted by atomic mass is 10.3. The van der Waals surface area contributed by atoms with E-state index in [0.717, 1.165) is 27.0 Å². The predicted molar refractivity (Wildman–Crippen MR) is 67.7 cm³/mol. The summed E-state index contributed by atoms with van der Waals surface area (Å²) >= 11 is 4.86. The Balaban J connectivity index is 2.04. The number of anilines is 1. The van der Waals surface area contributed by atoms with Gasteiger partial charge in [0, 0.05) is 0 Å². The van der Waals surface area contributed by atoms with E-state index in [9.17, 15) is 0 Å². The molecule has 2 aromatic rings. The Bertz CT molecular complexity index is 468. The molecule has 0 spiro atoms. The van der Waals surface area contributed by atoms with E-state index < -0.39 is 0 Å². The lowest BCUT2D eigenvalue weighted by Crippen LogP contribution is -2.04. The second-order valence-corrected chi connectivity index (χ2v) is 5.21. The van der Waals surface area contributed by atoms with Gasteiger partial charge >= 0.3 is 0 Å². The third-order valence-electron chi connectivity index (χ3n) is 2.13. The van der Waals surface area contributed by atoms with Gasteiger partial charge in [-0.1, -0.05) is 18.3 Å². The van der Waals surface area contributed by atoms with Crippen LogP contribution in [0.25, 0.3) is 0 Å². The van der Waals surface area contributed by atoms with Crippen LogP contribution in [0.2, 0.25) is 0 Å². The van der Waals surface area contributed by atoms with Crippen LogP contribution in [0.3, 0.4) is 0 Å². The van der Waals surface area contributed by atoms with Crippen LogP contribution >= 0.6 is 27.3 Å². The molecule has 0 radical (unpaired) electrons. The van der Waals surface area contributed by atoms with Gasteiger partial charge in [-0.3, -0.25) is 0 Å². The van der Waals surface area contributed by atoms with Crippen LogP contribution in [-0.4, -0.2) is 10.2 Å². The third kappa shape index (κ3) is 2.62. The molecule has 0 saturated carbocycles. The lowest BCUT2D eigenvalue weighted by molar-refractivity contribution is 0.471. The first-order valence-electron chi connectivity index (χ1n) is 5.03.